The van der Waals surface area contributed by atoms with Crippen LogP contribution in [0.5, 0.6) is 0 Å². The lowest BCUT2D eigenvalue weighted by molar-refractivity contribution is -0.558. The predicted molar refractivity (Wildman–Crippen MR) is 75.6 cm³/mol. The van der Waals surface area contributed by atoms with Gasteiger partial charge in [0.15, 0.2) is 6.20 Å². The molecule has 21 heavy (non-hydrogen) atoms. The first-order chi connectivity index (χ1) is 10.2. The van der Waals surface area contributed by atoms with Gasteiger partial charge in [-0.2, -0.15) is 4.57 Å². The van der Waals surface area contributed by atoms with Crippen LogP contribution in [0.4, 0.5) is 0 Å². The maximum Gasteiger partial charge on any atom is 0.406 e. The van der Waals surface area contributed by atoms with Crippen molar-refractivity contribution < 1.29 is 23.9 Å². The van der Waals surface area contributed by atoms with Gasteiger partial charge in [-0.1, -0.05) is 19.1 Å². The Balaban J connectivity index is 2.64. The number of carbonyl (C=O) groups is 1. The number of fused-ring (bicyclic) bond motifs is 1. The van der Waals surface area contributed by atoms with Crippen LogP contribution in [0, 0.1) is 0 Å². The molecule has 0 bridgehead atoms. The number of ether oxygens (including phenoxy) is 2. The number of esters is 1. The third-order valence-electron chi connectivity index (χ3n) is 2.89. The summed E-state index contributed by atoms with van der Waals surface area (Å²) in [7, 11) is 0. The van der Waals surface area contributed by atoms with Crippen LogP contribution in [0.3, 0.4) is 0 Å². The van der Waals surface area contributed by atoms with E-state index in [9.17, 15) is 9.90 Å². The van der Waals surface area contributed by atoms with E-state index in [1.807, 2.05) is 30.3 Å². The Labute approximate surface area is 123 Å². The number of nitrogens with zero attached hydrogens (tertiary/aromatic N) is 1. The van der Waals surface area contributed by atoms with Gasteiger partial charge < -0.3 is 14.6 Å². The fourth-order valence-corrected chi connectivity index (χ4v) is 2.03. The average molecular weight is 287 g/mol. The van der Waals surface area contributed by atoms with Crippen molar-refractivity contribution in [2.75, 3.05) is 13.2 Å². The van der Waals surface area contributed by atoms with E-state index in [1.54, 1.807) is 26.1 Å². The minimum atomic E-state index is -0.697. The van der Waals surface area contributed by atoms with Crippen molar-refractivity contribution in [2.24, 2.45) is 0 Å². The van der Waals surface area contributed by atoms with E-state index in [4.69, 9.17) is 9.47 Å². The van der Waals surface area contributed by atoms with Gasteiger partial charge in [0.25, 0.3) is 0 Å². The number of rotatable bonds is 5. The van der Waals surface area contributed by atoms with Crippen LogP contribution in [-0.4, -0.2) is 19.2 Å². The summed E-state index contributed by atoms with van der Waals surface area (Å²) in [5, 5.41) is 13.0. The first-order valence-electron chi connectivity index (χ1n) is 6.80. The molecule has 0 aliphatic heterocycles. The van der Waals surface area contributed by atoms with E-state index < -0.39 is 11.9 Å². The predicted octanol–water partition coefficient (Wildman–Crippen LogP) is 1.21. The van der Waals surface area contributed by atoms with Crippen molar-refractivity contribution in [3.05, 3.63) is 48.5 Å². The molecule has 1 heterocycles. The van der Waals surface area contributed by atoms with Crippen molar-refractivity contribution >= 4 is 22.6 Å². The second kappa shape index (κ2) is 6.74. The van der Waals surface area contributed by atoms with Crippen LogP contribution in [0.1, 0.15) is 13.8 Å². The Morgan fingerprint density at radius 1 is 1.10 bits per heavy atom. The topological polar surface area (TPSA) is 62.5 Å². The van der Waals surface area contributed by atoms with Crippen LogP contribution in [0.2, 0.25) is 0 Å². The lowest BCUT2D eigenvalue weighted by atomic mass is 10.2. The first kappa shape index (κ1) is 14.8. The molecule has 0 spiro atoms. The number of para-hydroxylation sites is 1. The third kappa shape index (κ3) is 3.13. The van der Waals surface area contributed by atoms with Crippen LogP contribution in [0.15, 0.2) is 48.5 Å². The van der Waals surface area contributed by atoms with Crippen molar-refractivity contribution in [1.82, 2.24) is 0 Å². The molecule has 2 aromatic rings. The lowest BCUT2D eigenvalue weighted by Gasteiger charge is -2.14. The van der Waals surface area contributed by atoms with Crippen LogP contribution >= 0.6 is 0 Å². The van der Waals surface area contributed by atoms with Crippen LogP contribution < -0.4 is 9.67 Å². The second-order valence-corrected chi connectivity index (χ2v) is 4.23. The second-order valence-electron chi connectivity index (χ2n) is 4.23. The Bertz CT molecular complexity index is 674. The highest BCUT2D eigenvalue weighted by Crippen LogP contribution is 2.12. The highest BCUT2D eigenvalue weighted by Gasteiger charge is 2.26. The molecule has 5 nitrogen and oxygen atoms in total. The van der Waals surface area contributed by atoms with E-state index >= 15 is 0 Å². The summed E-state index contributed by atoms with van der Waals surface area (Å²) in [6.45, 7) is 3.75. The Kier molecular flexibility index (Phi) is 4.77. The molecule has 0 saturated carbocycles. The molecule has 0 saturated heterocycles. The molecule has 2 rings (SSSR count). The Morgan fingerprint density at radius 3 is 2.48 bits per heavy atom. The van der Waals surface area contributed by atoms with E-state index in [1.165, 1.54) is 4.57 Å². The fourth-order valence-electron chi connectivity index (χ4n) is 2.03. The number of hydrogen-bond donors (Lipinski definition) is 0. The molecule has 0 aliphatic carbocycles. The minimum Gasteiger partial charge on any atom is -0.609 e. The van der Waals surface area contributed by atoms with Gasteiger partial charge in [0.2, 0.25) is 5.52 Å². The zero-order valence-corrected chi connectivity index (χ0v) is 12.0. The van der Waals surface area contributed by atoms with Gasteiger partial charge in [-0.3, -0.25) is 0 Å². The first-order valence-corrected chi connectivity index (χ1v) is 6.80. The number of pyridine rings is 1. The molecule has 1 aromatic carbocycles. The lowest BCUT2D eigenvalue weighted by Crippen LogP contribution is -2.41. The van der Waals surface area contributed by atoms with Crippen molar-refractivity contribution in [3.8, 4) is 0 Å². The van der Waals surface area contributed by atoms with Gasteiger partial charge in [-0.15, -0.1) is 0 Å². The molecule has 0 radical (unpaired) electrons. The quantitative estimate of drug-likeness (QED) is 0.359. The molecule has 5 heteroatoms. The van der Waals surface area contributed by atoms with Gasteiger partial charge in [-0.05, 0) is 25.7 Å². The normalized spacial score (nSPS) is 11.9. The number of benzene rings is 1. The average Bonchev–Trinajstić information content (AvgIpc) is 2.48. The molecule has 1 aromatic heterocycles. The standard InChI is InChI=1S/C16H17NO4/c1-3-20-15(18)14(16(19)21-4-2)17-11-7-9-12-8-5-6-10-13(12)17/h5-11H,3-4H2,1-2H3. The van der Waals surface area contributed by atoms with Gasteiger partial charge in [0.1, 0.15) is 5.95 Å². The van der Waals surface area contributed by atoms with E-state index in [0.29, 0.717) is 0 Å². The maximum atomic E-state index is 12.1. The molecule has 0 fully saturated rings. The summed E-state index contributed by atoms with van der Waals surface area (Å²) in [6.07, 6.45) is 1.64. The molecule has 110 valence electrons. The number of aromatic nitrogens is 1. The summed E-state index contributed by atoms with van der Waals surface area (Å²) in [5.74, 6) is -1.39. The van der Waals surface area contributed by atoms with Crippen molar-refractivity contribution in [1.29, 1.82) is 0 Å². The summed E-state index contributed by atoms with van der Waals surface area (Å²) in [4.78, 5) is 12.1. The molecule has 0 unspecified atom stereocenters. The summed E-state index contributed by atoms with van der Waals surface area (Å²) in [5.41, 5.74) is 0.589. The summed E-state index contributed by atoms with van der Waals surface area (Å²) >= 11 is 0. The van der Waals surface area contributed by atoms with Gasteiger partial charge in [0, 0.05) is 17.5 Å². The molecule has 0 aliphatic rings. The van der Waals surface area contributed by atoms with E-state index in [-0.39, 0.29) is 18.9 Å². The van der Waals surface area contributed by atoms with Crippen molar-refractivity contribution in [3.63, 3.8) is 0 Å². The van der Waals surface area contributed by atoms with Crippen LogP contribution in [0.25, 0.3) is 16.6 Å². The maximum absolute atomic E-state index is 12.1. The molecule has 0 amide bonds. The zero-order valence-electron chi connectivity index (χ0n) is 12.0. The smallest absolute Gasteiger partial charge is 0.406 e. The largest absolute Gasteiger partial charge is 0.609 e. The number of carbonyl (C=O) groups excluding carboxylic acids is 1. The Morgan fingerprint density at radius 2 is 1.76 bits per heavy atom. The summed E-state index contributed by atoms with van der Waals surface area (Å²) < 4.78 is 11.5. The van der Waals surface area contributed by atoms with E-state index in [2.05, 4.69) is 0 Å². The molecule has 0 atom stereocenters. The Hall–Kier alpha value is -2.56. The van der Waals surface area contributed by atoms with Gasteiger partial charge >= 0.3 is 11.7 Å². The van der Waals surface area contributed by atoms with Gasteiger partial charge in [0.05, 0.1) is 6.61 Å². The van der Waals surface area contributed by atoms with E-state index in [0.717, 1.165) is 10.9 Å². The SMILES string of the molecule is CCOC(=O)C(=C([O-])OCC)[n+]1cccc2ccccc21. The highest BCUT2D eigenvalue weighted by atomic mass is 16.6. The van der Waals surface area contributed by atoms with Crippen LogP contribution in [-0.2, 0) is 14.3 Å². The fraction of sp³-hybridized carbons (Fsp3) is 0.250. The minimum absolute atomic E-state index is 0.143. The molecular weight excluding hydrogens is 270 g/mol. The summed E-state index contributed by atoms with van der Waals surface area (Å²) in [6, 6.07) is 11.1. The molecule has 0 N–H and O–H groups in total. The zero-order chi connectivity index (χ0) is 15.2. The van der Waals surface area contributed by atoms with Gasteiger partial charge in [-0.25, -0.2) is 4.79 Å². The number of hydrogen-bond acceptors (Lipinski definition) is 4. The monoisotopic (exact) mass is 287 g/mol. The third-order valence-corrected chi connectivity index (χ3v) is 2.89. The van der Waals surface area contributed by atoms with Crippen molar-refractivity contribution in [2.45, 2.75) is 13.8 Å². The molecular formula is C16H17NO4. The highest BCUT2D eigenvalue weighted by molar-refractivity contribution is 6.06.